The van der Waals surface area contributed by atoms with Gasteiger partial charge in [0.15, 0.2) is 0 Å². The minimum absolute atomic E-state index is 0.0505. The van der Waals surface area contributed by atoms with E-state index < -0.39 is 0 Å². The molecule has 0 bridgehead atoms. The number of nitrogens with zero attached hydrogens (tertiary/aromatic N) is 1. The Morgan fingerprint density at radius 1 is 1.33 bits per heavy atom. The predicted molar refractivity (Wildman–Crippen MR) is 69.3 cm³/mol. The number of aryl methyl sites for hydroxylation is 1. The van der Waals surface area contributed by atoms with Gasteiger partial charge in [-0.25, -0.2) is 0 Å². The van der Waals surface area contributed by atoms with Crippen LogP contribution < -0.4 is 0 Å². The molecule has 0 spiro atoms. The Labute approximate surface area is 107 Å². The van der Waals surface area contributed by atoms with Crippen molar-refractivity contribution in [1.29, 1.82) is 0 Å². The van der Waals surface area contributed by atoms with Crippen LogP contribution in [0.5, 0.6) is 0 Å². The highest BCUT2D eigenvalue weighted by atomic mass is 16.3. The van der Waals surface area contributed by atoms with Crippen LogP contribution >= 0.6 is 0 Å². The van der Waals surface area contributed by atoms with Gasteiger partial charge in [-0.2, -0.15) is 0 Å². The molecule has 0 radical (unpaired) electrons. The number of benzene rings is 1. The van der Waals surface area contributed by atoms with Crippen LogP contribution in [0.15, 0.2) is 24.3 Å². The SMILES string of the molecule is O=C(C1CCCc2ccccc21)N1CC(CO)C1. The number of carbonyl (C=O) groups excluding carboxylic acids is 1. The highest BCUT2D eigenvalue weighted by Gasteiger charge is 2.36. The lowest BCUT2D eigenvalue weighted by Gasteiger charge is -2.41. The largest absolute Gasteiger partial charge is 0.396 e. The molecule has 1 unspecified atom stereocenters. The summed E-state index contributed by atoms with van der Waals surface area (Å²) in [5, 5.41) is 9.02. The van der Waals surface area contributed by atoms with Crippen LogP contribution in [-0.4, -0.2) is 35.6 Å². The highest BCUT2D eigenvalue weighted by molar-refractivity contribution is 5.85. The van der Waals surface area contributed by atoms with Gasteiger partial charge in [0.1, 0.15) is 0 Å². The first-order valence-corrected chi connectivity index (χ1v) is 6.77. The maximum atomic E-state index is 12.4. The molecule has 1 N–H and O–H groups in total. The van der Waals surface area contributed by atoms with Crippen molar-refractivity contribution in [3.05, 3.63) is 35.4 Å². The number of rotatable bonds is 2. The Balaban J connectivity index is 1.76. The molecule has 1 aliphatic heterocycles. The second-order valence-corrected chi connectivity index (χ2v) is 5.44. The molecule has 0 aromatic heterocycles. The lowest BCUT2D eigenvalue weighted by molar-refractivity contribution is -0.140. The number of aliphatic hydroxyl groups excluding tert-OH is 1. The zero-order valence-corrected chi connectivity index (χ0v) is 10.5. The Kier molecular flexibility index (Phi) is 3.08. The average Bonchev–Trinajstić information content (AvgIpc) is 2.36. The highest BCUT2D eigenvalue weighted by Crippen LogP contribution is 2.34. The van der Waals surface area contributed by atoms with Crippen LogP contribution in [0.25, 0.3) is 0 Å². The minimum atomic E-state index is 0.0505. The normalized spacial score (nSPS) is 23.4. The quantitative estimate of drug-likeness (QED) is 0.859. The van der Waals surface area contributed by atoms with E-state index in [1.54, 1.807) is 0 Å². The monoisotopic (exact) mass is 245 g/mol. The van der Waals surface area contributed by atoms with Crippen molar-refractivity contribution in [2.24, 2.45) is 5.92 Å². The van der Waals surface area contributed by atoms with Gasteiger partial charge in [0.25, 0.3) is 0 Å². The number of hydrogen-bond acceptors (Lipinski definition) is 2. The Morgan fingerprint density at radius 2 is 2.11 bits per heavy atom. The zero-order chi connectivity index (χ0) is 12.5. The number of likely N-dealkylation sites (tertiary alicyclic amines) is 1. The van der Waals surface area contributed by atoms with Crippen LogP contribution in [-0.2, 0) is 11.2 Å². The number of aliphatic hydroxyl groups is 1. The predicted octanol–water partition coefficient (Wildman–Crippen LogP) is 1.56. The first-order chi connectivity index (χ1) is 8.79. The Hall–Kier alpha value is -1.35. The van der Waals surface area contributed by atoms with Crippen molar-refractivity contribution in [3.8, 4) is 0 Å². The summed E-state index contributed by atoms with van der Waals surface area (Å²) in [6.45, 7) is 1.66. The molecule has 3 heteroatoms. The number of fused-ring (bicyclic) bond motifs is 1. The molecule has 2 aliphatic rings. The van der Waals surface area contributed by atoms with Gasteiger partial charge < -0.3 is 10.0 Å². The summed E-state index contributed by atoms with van der Waals surface area (Å²) in [5.74, 6) is 0.606. The number of hydrogen-bond donors (Lipinski definition) is 1. The topological polar surface area (TPSA) is 40.5 Å². The molecule has 1 amide bonds. The molecular formula is C15H19NO2. The van der Waals surface area contributed by atoms with Gasteiger partial charge in [-0.1, -0.05) is 24.3 Å². The molecule has 1 heterocycles. The molecule has 1 saturated heterocycles. The van der Waals surface area contributed by atoms with Crippen molar-refractivity contribution in [3.63, 3.8) is 0 Å². The van der Waals surface area contributed by atoms with Crippen LogP contribution in [0, 0.1) is 5.92 Å². The molecule has 0 saturated carbocycles. The van der Waals surface area contributed by atoms with Gasteiger partial charge in [-0.3, -0.25) is 4.79 Å². The molecular weight excluding hydrogens is 226 g/mol. The first kappa shape index (κ1) is 11.7. The standard InChI is InChI=1S/C15H19NO2/c17-10-11-8-16(9-11)15(18)14-7-3-5-12-4-1-2-6-13(12)14/h1-2,4,6,11,14,17H,3,5,7-10H2. The molecule has 1 fully saturated rings. The maximum absolute atomic E-state index is 12.4. The zero-order valence-electron chi connectivity index (χ0n) is 10.5. The Bertz CT molecular complexity index is 452. The van der Waals surface area contributed by atoms with Crippen molar-refractivity contribution < 1.29 is 9.90 Å². The van der Waals surface area contributed by atoms with E-state index in [4.69, 9.17) is 5.11 Å². The van der Waals surface area contributed by atoms with Gasteiger partial charge >= 0.3 is 0 Å². The van der Waals surface area contributed by atoms with Crippen molar-refractivity contribution in [1.82, 2.24) is 4.90 Å². The van der Waals surface area contributed by atoms with Crippen LogP contribution in [0.4, 0.5) is 0 Å². The van der Waals surface area contributed by atoms with Crippen LogP contribution in [0.2, 0.25) is 0 Å². The number of amides is 1. The third-order valence-corrected chi connectivity index (χ3v) is 4.19. The summed E-state index contributed by atoms with van der Waals surface area (Å²) >= 11 is 0. The fraction of sp³-hybridized carbons (Fsp3) is 0.533. The number of carbonyl (C=O) groups is 1. The summed E-state index contributed by atoms with van der Waals surface area (Å²) in [7, 11) is 0. The second-order valence-electron chi connectivity index (χ2n) is 5.44. The maximum Gasteiger partial charge on any atom is 0.230 e. The van der Waals surface area contributed by atoms with E-state index in [0.29, 0.717) is 5.92 Å². The van der Waals surface area contributed by atoms with E-state index in [0.717, 1.165) is 32.4 Å². The van der Waals surface area contributed by atoms with Gasteiger partial charge in [0.2, 0.25) is 5.91 Å². The third-order valence-electron chi connectivity index (χ3n) is 4.19. The molecule has 3 rings (SSSR count). The minimum Gasteiger partial charge on any atom is -0.396 e. The van der Waals surface area contributed by atoms with E-state index in [9.17, 15) is 4.79 Å². The smallest absolute Gasteiger partial charge is 0.230 e. The summed E-state index contributed by atoms with van der Waals surface area (Å²) in [6, 6.07) is 8.32. The molecule has 1 atom stereocenters. The van der Waals surface area contributed by atoms with E-state index in [1.807, 2.05) is 11.0 Å². The van der Waals surface area contributed by atoms with Crippen LogP contribution in [0.1, 0.15) is 29.9 Å². The molecule has 1 aromatic carbocycles. The lowest BCUT2D eigenvalue weighted by atomic mass is 9.81. The van der Waals surface area contributed by atoms with Gasteiger partial charge in [-0.05, 0) is 30.4 Å². The third kappa shape index (κ3) is 1.93. The van der Waals surface area contributed by atoms with Crippen molar-refractivity contribution >= 4 is 5.91 Å². The van der Waals surface area contributed by atoms with E-state index in [-0.39, 0.29) is 18.4 Å². The Morgan fingerprint density at radius 3 is 2.89 bits per heavy atom. The van der Waals surface area contributed by atoms with Gasteiger partial charge in [0, 0.05) is 25.6 Å². The van der Waals surface area contributed by atoms with E-state index in [1.165, 1.54) is 11.1 Å². The van der Waals surface area contributed by atoms with Gasteiger partial charge in [0.05, 0.1) is 5.92 Å². The summed E-state index contributed by atoms with van der Waals surface area (Å²) < 4.78 is 0. The molecule has 3 nitrogen and oxygen atoms in total. The van der Waals surface area contributed by atoms with E-state index >= 15 is 0 Å². The second kappa shape index (κ2) is 4.73. The summed E-state index contributed by atoms with van der Waals surface area (Å²) in [6.07, 6.45) is 3.17. The summed E-state index contributed by atoms with van der Waals surface area (Å²) in [4.78, 5) is 14.3. The fourth-order valence-corrected chi connectivity index (χ4v) is 3.10. The molecule has 96 valence electrons. The fourth-order valence-electron chi connectivity index (χ4n) is 3.10. The first-order valence-electron chi connectivity index (χ1n) is 6.77. The van der Waals surface area contributed by atoms with Crippen molar-refractivity contribution in [2.75, 3.05) is 19.7 Å². The van der Waals surface area contributed by atoms with Crippen molar-refractivity contribution in [2.45, 2.75) is 25.2 Å². The van der Waals surface area contributed by atoms with Gasteiger partial charge in [-0.15, -0.1) is 0 Å². The molecule has 1 aliphatic carbocycles. The summed E-state index contributed by atoms with van der Waals surface area (Å²) in [5.41, 5.74) is 2.56. The lowest BCUT2D eigenvalue weighted by Crippen LogP contribution is -2.53. The molecule has 18 heavy (non-hydrogen) atoms. The average molecular weight is 245 g/mol. The van der Waals surface area contributed by atoms with Crippen LogP contribution in [0.3, 0.4) is 0 Å². The molecule has 1 aromatic rings. The van der Waals surface area contributed by atoms with E-state index in [2.05, 4.69) is 18.2 Å².